The summed E-state index contributed by atoms with van der Waals surface area (Å²) in [6.07, 6.45) is 0.386. The fourth-order valence-electron chi connectivity index (χ4n) is 2.92. The van der Waals surface area contributed by atoms with Gasteiger partial charge in [0.05, 0.1) is 12.6 Å². The lowest BCUT2D eigenvalue weighted by Crippen LogP contribution is -2.39. The molecule has 0 spiro atoms. The number of carbonyl (C=O) groups is 1. The molecule has 0 aliphatic heterocycles. The molecule has 0 radical (unpaired) electrons. The smallest absolute Gasteiger partial charge is 0.347 e. The molecule has 0 aliphatic carbocycles. The van der Waals surface area contributed by atoms with Crippen molar-refractivity contribution in [2.24, 2.45) is 0 Å². The quantitative estimate of drug-likeness (QED) is 0.543. The molecule has 0 bridgehead atoms. The van der Waals surface area contributed by atoms with Gasteiger partial charge in [0, 0.05) is 5.56 Å². The molecular weight excluding hydrogens is 365 g/mol. The molecule has 3 N–H and O–H groups in total. The lowest BCUT2D eigenvalue weighted by Gasteiger charge is -2.20. The van der Waals surface area contributed by atoms with E-state index in [0.29, 0.717) is 12.0 Å². The van der Waals surface area contributed by atoms with E-state index in [9.17, 15) is 9.36 Å². The van der Waals surface area contributed by atoms with E-state index in [2.05, 4.69) is 9.84 Å². The Morgan fingerprint density at radius 1 is 0.963 bits per heavy atom. The Labute approximate surface area is 157 Å². The first kappa shape index (κ1) is 19.3. The second-order valence-electron chi connectivity index (χ2n) is 6.17. The molecule has 0 saturated carbocycles. The molecule has 3 aromatic carbocycles. The largest absolute Gasteiger partial charge is 0.469 e. The first-order valence-electron chi connectivity index (χ1n) is 8.45. The predicted molar refractivity (Wildman–Crippen MR) is 103 cm³/mol. The molecule has 0 saturated heterocycles. The summed E-state index contributed by atoms with van der Waals surface area (Å²) in [6.45, 7) is -0.296. The molecule has 3 aromatic rings. The number of fused-ring (bicyclic) bond motifs is 1. The van der Waals surface area contributed by atoms with Gasteiger partial charge in [-0.2, -0.15) is 0 Å². The van der Waals surface area contributed by atoms with E-state index in [0.717, 1.165) is 16.3 Å². The van der Waals surface area contributed by atoms with Gasteiger partial charge in [-0.3, -0.25) is 9.32 Å². The highest BCUT2D eigenvalue weighted by molar-refractivity contribution is 7.46. The highest BCUT2D eigenvalue weighted by Crippen LogP contribution is 2.35. The maximum absolute atomic E-state index is 12.8. The average molecular weight is 385 g/mol. The van der Waals surface area contributed by atoms with E-state index in [1.165, 1.54) is 0 Å². The fraction of sp³-hybridized carbons (Fsp3) is 0.150. The van der Waals surface area contributed by atoms with Crippen molar-refractivity contribution < 1.29 is 23.7 Å². The van der Waals surface area contributed by atoms with Crippen LogP contribution in [0.1, 0.15) is 15.9 Å². The number of amides is 1. The van der Waals surface area contributed by atoms with Crippen LogP contribution in [0.5, 0.6) is 0 Å². The van der Waals surface area contributed by atoms with Gasteiger partial charge in [0.2, 0.25) is 0 Å². The topological polar surface area (TPSA) is 95.9 Å². The molecule has 6 nitrogen and oxygen atoms in total. The Kier molecular flexibility index (Phi) is 6.04. The number of nitrogens with one attached hydrogen (secondary N) is 1. The van der Waals surface area contributed by atoms with Crippen molar-refractivity contribution in [3.8, 4) is 0 Å². The van der Waals surface area contributed by atoms with Crippen LogP contribution in [-0.2, 0) is 15.5 Å². The maximum atomic E-state index is 12.8. The van der Waals surface area contributed by atoms with Crippen LogP contribution in [0.2, 0.25) is 0 Å². The van der Waals surface area contributed by atoms with Crippen molar-refractivity contribution in [3.05, 3.63) is 83.9 Å². The molecule has 1 amide bonds. The molecule has 0 aromatic heterocycles. The second kappa shape index (κ2) is 8.46. The van der Waals surface area contributed by atoms with Crippen molar-refractivity contribution >= 4 is 24.5 Å². The summed E-state index contributed by atoms with van der Waals surface area (Å²) in [4.78, 5) is 30.8. The summed E-state index contributed by atoms with van der Waals surface area (Å²) in [5.74, 6) is -0.318. The highest BCUT2D eigenvalue weighted by atomic mass is 31.2. The third-order valence-corrected chi connectivity index (χ3v) is 4.62. The van der Waals surface area contributed by atoms with Gasteiger partial charge >= 0.3 is 7.82 Å². The third kappa shape index (κ3) is 5.49. The van der Waals surface area contributed by atoms with Crippen molar-refractivity contribution in [2.75, 3.05) is 6.61 Å². The zero-order chi connectivity index (χ0) is 19.3. The molecule has 0 aliphatic rings. The van der Waals surface area contributed by atoms with E-state index in [-0.39, 0.29) is 12.5 Å². The number of phosphoric acid groups is 1. The fourth-order valence-corrected chi connectivity index (χ4v) is 3.30. The first-order chi connectivity index (χ1) is 12.9. The van der Waals surface area contributed by atoms with E-state index in [1.54, 1.807) is 12.1 Å². The number of rotatable bonds is 7. The third-order valence-electron chi connectivity index (χ3n) is 4.14. The van der Waals surface area contributed by atoms with Crippen molar-refractivity contribution in [1.82, 2.24) is 5.32 Å². The number of carbonyl (C=O) groups excluding carboxylic acids is 1. The Morgan fingerprint density at radius 2 is 1.63 bits per heavy atom. The number of benzene rings is 3. The van der Waals surface area contributed by atoms with Crippen LogP contribution in [0.25, 0.3) is 10.8 Å². The summed E-state index contributed by atoms with van der Waals surface area (Å²) in [5.41, 5.74) is 1.43. The van der Waals surface area contributed by atoms with Gasteiger partial charge in [-0.25, -0.2) is 4.57 Å². The van der Waals surface area contributed by atoms with Gasteiger partial charge in [-0.1, -0.05) is 66.7 Å². The zero-order valence-electron chi connectivity index (χ0n) is 14.5. The van der Waals surface area contributed by atoms with Gasteiger partial charge in [-0.05, 0) is 28.8 Å². The minimum atomic E-state index is -4.63. The molecule has 140 valence electrons. The highest BCUT2D eigenvalue weighted by Gasteiger charge is 2.21. The summed E-state index contributed by atoms with van der Waals surface area (Å²) >= 11 is 0. The molecule has 0 fully saturated rings. The SMILES string of the molecule is O=C(N[C@@H](COP(=O)(O)O)Cc1ccccc1)c1cccc2ccccc12. The van der Waals surface area contributed by atoms with Gasteiger partial charge in [0.25, 0.3) is 5.91 Å². The van der Waals surface area contributed by atoms with E-state index in [1.807, 2.05) is 60.7 Å². The van der Waals surface area contributed by atoms with Gasteiger partial charge in [0.15, 0.2) is 0 Å². The maximum Gasteiger partial charge on any atom is 0.469 e. The molecular formula is C20H20NO5P. The van der Waals surface area contributed by atoms with Gasteiger partial charge < -0.3 is 15.1 Å². The van der Waals surface area contributed by atoms with E-state index < -0.39 is 13.9 Å². The van der Waals surface area contributed by atoms with Crippen LogP contribution >= 0.6 is 7.82 Å². The van der Waals surface area contributed by atoms with Crippen LogP contribution < -0.4 is 5.32 Å². The van der Waals surface area contributed by atoms with Crippen LogP contribution in [0.3, 0.4) is 0 Å². The Balaban J connectivity index is 1.81. The summed E-state index contributed by atoms with van der Waals surface area (Å²) in [5, 5.41) is 4.59. The minimum Gasteiger partial charge on any atom is -0.347 e. The molecule has 27 heavy (non-hydrogen) atoms. The predicted octanol–water partition coefficient (Wildman–Crippen LogP) is 3.29. The van der Waals surface area contributed by atoms with Crippen molar-refractivity contribution in [2.45, 2.75) is 12.5 Å². The van der Waals surface area contributed by atoms with Gasteiger partial charge in [-0.15, -0.1) is 0 Å². The van der Waals surface area contributed by atoms with Crippen LogP contribution in [0, 0.1) is 0 Å². The first-order valence-corrected chi connectivity index (χ1v) is 9.98. The number of phosphoric ester groups is 1. The van der Waals surface area contributed by atoms with Crippen LogP contribution in [0.15, 0.2) is 72.8 Å². The second-order valence-corrected chi connectivity index (χ2v) is 7.41. The van der Waals surface area contributed by atoms with Crippen LogP contribution in [0.4, 0.5) is 0 Å². The lowest BCUT2D eigenvalue weighted by molar-refractivity contribution is 0.0911. The zero-order valence-corrected chi connectivity index (χ0v) is 15.4. The standard InChI is InChI=1S/C20H20NO5P/c22-20(19-12-6-10-16-9-4-5-11-18(16)19)21-17(14-26-27(23,24)25)13-15-7-2-1-3-8-15/h1-12,17H,13-14H2,(H,21,22)(H2,23,24,25)/t17-/m1/s1. The van der Waals surface area contributed by atoms with E-state index >= 15 is 0 Å². The Hall–Kier alpha value is -2.50. The summed E-state index contributed by atoms with van der Waals surface area (Å²) in [7, 11) is -4.63. The van der Waals surface area contributed by atoms with Gasteiger partial charge in [0.1, 0.15) is 0 Å². The number of hydrogen-bond donors (Lipinski definition) is 3. The Morgan fingerprint density at radius 3 is 2.37 bits per heavy atom. The molecule has 0 heterocycles. The monoisotopic (exact) mass is 385 g/mol. The van der Waals surface area contributed by atoms with Crippen LogP contribution in [-0.4, -0.2) is 28.3 Å². The molecule has 7 heteroatoms. The average Bonchev–Trinajstić information content (AvgIpc) is 2.66. The minimum absolute atomic E-state index is 0.296. The summed E-state index contributed by atoms with van der Waals surface area (Å²) < 4.78 is 15.7. The van der Waals surface area contributed by atoms with Crippen molar-refractivity contribution in [1.29, 1.82) is 0 Å². The normalized spacial score (nSPS) is 12.7. The molecule has 1 atom stereocenters. The molecule has 3 rings (SSSR count). The number of hydrogen-bond acceptors (Lipinski definition) is 3. The molecule has 0 unspecified atom stereocenters. The van der Waals surface area contributed by atoms with Crippen molar-refractivity contribution in [3.63, 3.8) is 0 Å². The lowest BCUT2D eigenvalue weighted by atomic mass is 10.0. The van der Waals surface area contributed by atoms with E-state index in [4.69, 9.17) is 9.79 Å². The summed E-state index contributed by atoms with van der Waals surface area (Å²) in [6, 6.07) is 21.8. The Bertz CT molecular complexity index is 965.